The third kappa shape index (κ3) is 2.92. The van der Waals surface area contributed by atoms with Crippen LogP contribution < -0.4 is 5.32 Å². The van der Waals surface area contributed by atoms with Gasteiger partial charge in [0, 0.05) is 13.0 Å². The van der Waals surface area contributed by atoms with E-state index in [4.69, 9.17) is 4.74 Å². The maximum absolute atomic E-state index is 11.6. The molecule has 1 aliphatic heterocycles. The Morgan fingerprint density at radius 2 is 2.13 bits per heavy atom. The lowest BCUT2D eigenvalue weighted by Crippen LogP contribution is -2.33. The molecule has 0 aromatic rings. The largest absolute Gasteiger partial charge is 0.464 e. The first-order chi connectivity index (χ1) is 7.25. The zero-order chi connectivity index (χ0) is 10.7. The molecule has 1 saturated heterocycles. The second kappa shape index (κ2) is 4.94. The molecule has 0 aromatic carbocycles. The van der Waals surface area contributed by atoms with E-state index in [2.05, 4.69) is 5.32 Å². The van der Waals surface area contributed by atoms with Crippen LogP contribution in [0.25, 0.3) is 0 Å². The van der Waals surface area contributed by atoms with Crippen molar-refractivity contribution in [2.75, 3.05) is 13.2 Å². The molecule has 4 heteroatoms. The van der Waals surface area contributed by atoms with Crippen molar-refractivity contribution in [2.24, 2.45) is 5.92 Å². The van der Waals surface area contributed by atoms with Crippen LogP contribution in [0.4, 0.5) is 0 Å². The summed E-state index contributed by atoms with van der Waals surface area (Å²) in [6, 6.07) is -0.290. The van der Waals surface area contributed by atoms with Crippen molar-refractivity contribution in [2.45, 2.75) is 44.2 Å². The highest BCUT2D eigenvalue weighted by Crippen LogP contribution is 2.24. The topological polar surface area (TPSA) is 58.6 Å². The van der Waals surface area contributed by atoms with E-state index in [1.165, 1.54) is 25.7 Å². The van der Waals surface area contributed by atoms with Gasteiger partial charge >= 0.3 is 5.97 Å². The SMILES string of the molecule is O=C(OCC1CCCC1)[C@@H]1C[C@@H](O)CN1. The predicted molar refractivity (Wildman–Crippen MR) is 55.3 cm³/mol. The van der Waals surface area contributed by atoms with Crippen molar-refractivity contribution in [1.82, 2.24) is 5.32 Å². The number of hydrogen-bond donors (Lipinski definition) is 2. The number of aliphatic hydroxyl groups is 1. The summed E-state index contributed by atoms with van der Waals surface area (Å²) < 4.78 is 5.25. The highest BCUT2D eigenvalue weighted by molar-refractivity contribution is 5.76. The molecule has 0 spiro atoms. The highest BCUT2D eigenvalue weighted by atomic mass is 16.5. The molecule has 2 fully saturated rings. The van der Waals surface area contributed by atoms with Gasteiger partial charge in [0.15, 0.2) is 0 Å². The average Bonchev–Trinajstić information content (AvgIpc) is 2.84. The van der Waals surface area contributed by atoms with Crippen LogP contribution in [0.1, 0.15) is 32.1 Å². The lowest BCUT2D eigenvalue weighted by atomic mass is 10.1. The van der Waals surface area contributed by atoms with Gasteiger partial charge in [0.25, 0.3) is 0 Å². The Labute approximate surface area is 90.0 Å². The van der Waals surface area contributed by atoms with E-state index in [0.717, 1.165) is 0 Å². The zero-order valence-electron chi connectivity index (χ0n) is 8.95. The van der Waals surface area contributed by atoms with Gasteiger partial charge in [-0.05, 0) is 18.8 Å². The minimum atomic E-state index is -0.394. The minimum absolute atomic E-state index is 0.196. The molecule has 2 N–H and O–H groups in total. The van der Waals surface area contributed by atoms with E-state index >= 15 is 0 Å². The zero-order valence-corrected chi connectivity index (χ0v) is 8.95. The van der Waals surface area contributed by atoms with Crippen molar-refractivity contribution in [3.63, 3.8) is 0 Å². The van der Waals surface area contributed by atoms with E-state index < -0.39 is 6.10 Å². The third-order valence-electron chi connectivity index (χ3n) is 3.33. The Kier molecular flexibility index (Phi) is 3.59. The van der Waals surface area contributed by atoms with Crippen LogP contribution in [0.2, 0.25) is 0 Å². The third-order valence-corrected chi connectivity index (χ3v) is 3.33. The van der Waals surface area contributed by atoms with Gasteiger partial charge in [0.1, 0.15) is 6.04 Å². The molecule has 2 rings (SSSR count). The van der Waals surface area contributed by atoms with Crippen molar-refractivity contribution in [3.8, 4) is 0 Å². The van der Waals surface area contributed by atoms with Gasteiger partial charge in [-0.25, -0.2) is 0 Å². The van der Waals surface area contributed by atoms with Gasteiger partial charge in [-0.3, -0.25) is 4.79 Å². The number of hydrogen-bond acceptors (Lipinski definition) is 4. The van der Waals surface area contributed by atoms with Crippen LogP contribution in [0.15, 0.2) is 0 Å². The van der Waals surface area contributed by atoms with Crippen molar-refractivity contribution < 1.29 is 14.6 Å². The number of carbonyl (C=O) groups is 1. The summed E-state index contributed by atoms with van der Waals surface area (Å²) in [5.74, 6) is 0.374. The summed E-state index contributed by atoms with van der Waals surface area (Å²) in [4.78, 5) is 11.6. The smallest absolute Gasteiger partial charge is 0.323 e. The molecule has 2 aliphatic rings. The molecule has 0 unspecified atom stereocenters. The van der Waals surface area contributed by atoms with Crippen LogP contribution in [0, 0.1) is 5.92 Å². The molecule has 0 radical (unpaired) electrons. The Balaban J connectivity index is 1.67. The minimum Gasteiger partial charge on any atom is -0.464 e. The van der Waals surface area contributed by atoms with E-state index in [0.29, 0.717) is 25.5 Å². The van der Waals surface area contributed by atoms with Crippen LogP contribution in [0.5, 0.6) is 0 Å². The van der Waals surface area contributed by atoms with Gasteiger partial charge in [0.05, 0.1) is 12.7 Å². The summed E-state index contributed by atoms with van der Waals surface area (Å²) in [7, 11) is 0. The Morgan fingerprint density at radius 3 is 2.73 bits per heavy atom. The molecule has 0 amide bonds. The maximum Gasteiger partial charge on any atom is 0.323 e. The summed E-state index contributed by atoms with van der Waals surface area (Å²) in [5.41, 5.74) is 0. The second-order valence-corrected chi connectivity index (χ2v) is 4.63. The summed E-state index contributed by atoms with van der Waals surface area (Å²) in [6.07, 6.45) is 5.01. The fraction of sp³-hybridized carbons (Fsp3) is 0.909. The lowest BCUT2D eigenvalue weighted by molar-refractivity contribution is -0.147. The number of ether oxygens (including phenoxy) is 1. The normalized spacial score (nSPS) is 32.1. The number of β-amino-alcohol motifs (C(OH)–C–C–N with tert-alkyl or cyclic N) is 1. The van der Waals surface area contributed by atoms with Crippen molar-refractivity contribution >= 4 is 5.97 Å². The molecule has 1 saturated carbocycles. The Hall–Kier alpha value is -0.610. The highest BCUT2D eigenvalue weighted by Gasteiger charge is 2.29. The molecular weight excluding hydrogens is 194 g/mol. The van der Waals surface area contributed by atoms with Gasteiger partial charge in [-0.15, -0.1) is 0 Å². The molecule has 0 aromatic heterocycles. The number of aliphatic hydroxyl groups excluding tert-OH is 1. The molecular formula is C11H19NO3. The first kappa shape index (κ1) is 10.9. The standard InChI is InChI=1S/C11H19NO3/c13-9-5-10(12-6-9)11(14)15-7-8-3-1-2-4-8/h8-10,12-13H,1-7H2/t9-,10+/m1/s1. The second-order valence-electron chi connectivity index (χ2n) is 4.63. The number of carbonyl (C=O) groups excluding carboxylic acids is 1. The van der Waals surface area contributed by atoms with Crippen LogP contribution in [-0.4, -0.2) is 36.4 Å². The van der Waals surface area contributed by atoms with Gasteiger partial charge < -0.3 is 15.2 Å². The first-order valence-corrected chi connectivity index (χ1v) is 5.84. The van der Waals surface area contributed by atoms with E-state index in [-0.39, 0.29) is 12.0 Å². The average molecular weight is 213 g/mol. The molecule has 4 nitrogen and oxygen atoms in total. The Bertz CT molecular complexity index is 226. The summed E-state index contributed by atoms with van der Waals surface area (Å²) in [6.45, 7) is 1.07. The van der Waals surface area contributed by atoms with E-state index in [1.807, 2.05) is 0 Å². The van der Waals surface area contributed by atoms with Crippen LogP contribution >= 0.6 is 0 Å². The number of rotatable bonds is 3. The van der Waals surface area contributed by atoms with Crippen molar-refractivity contribution in [3.05, 3.63) is 0 Å². The molecule has 86 valence electrons. The fourth-order valence-corrected chi connectivity index (χ4v) is 2.37. The molecule has 0 bridgehead atoms. The molecule has 1 heterocycles. The number of nitrogens with one attached hydrogen (secondary N) is 1. The quantitative estimate of drug-likeness (QED) is 0.668. The molecule has 1 aliphatic carbocycles. The lowest BCUT2D eigenvalue weighted by Gasteiger charge is -2.13. The summed E-state index contributed by atoms with van der Waals surface area (Å²) in [5, 5.41) is 12.2. The van der Waals surface area contributed by atoms with Crippen molar-refractivity contribution in [1.29, 1.82) is 0 Å². The van der Waals surface area contributed by atoms with Crippen LogP contribution in [0.3, 0.4) is 0 Å². The van der Waals surface area contributed by atoms with Gasteiger partial charge in [0.2, 0.25) is 0 Å². The fourth-order valence-electron chi connectivity index (χ4n) is 2.37. The number of esters is 1. The monoisotopic (exact) mass is 213 g/mol. The first-order valence-electron chi connectivity index (χ1n) is 5.84. The summed E-state index contributed by atoms with van der Waals surface area (Å²) >= 11 is 0. The molecule has 2 atom stereocenters. The van der Waals surface area contributed by atoms with Gasteiger partial charge in [-0.2, -0.15) is 0 Å². The van der Waals surface area contributed by atoms with Gasteiger partial charge in [-0.1, -0.05) is 12.8 Å². The Morgan fingerprint density at radius 1 is 1.40 bits per heavy atom. The van der Waals surface area contributed by atoms with Crippen LogP contribution in [-0.2, 0) is 9.53 Å². The molecule has 15 heavy (non-hydrogen) atoms. The predicted octanol–water partition coefficient (Wildman–Crippen LogP) is 0.443. The van der Waals surface area contributed by atoms with E-state index in [9.17, 15) is 9.90 Å². The van der Waals surface area contributed by atoms with E-state index in [1.54, 1.807) is 0 Å². The maximum atomic E-state index is 11.6.